The number of halogens is 1. The van der Waals surface area contributed by atoms with E-state index in [-0.39, 0.29) is 19.1 Å². The van der Waals surface area contributed by atoms with Crippen molar-refractivity contribution in [2.24, 2.45) is 0 Å². The number of rotatable bonds is 9. The van der Waals surface area contributed by atoms with Gasteiger partial charge in [0.15, 0.2) is 0 Å². The SMILES string of the molecule is Cc1ccc(C)c(N(Cc2ccc(C(=O)NCCOc3ccccc3Cl)cc2)S(C)(=O)=O)c1. The van der Waals surface area contributed by atoms with Crippen molar-refractivity contribution >= 4 is 33.2 Å². The lowest BCUT2D eigenvalue weighted by Crippen LogP contribution is -2.30. The number of hydrogen-bond donors (Lipinski definition) is 1. The van der Waals surface area contributed by atoms with Gasteiger partial charge in [0.1, 0.15) is 12.4 Å². The lowest BCUT2D eigenvalue weighted by atomic mass is 10.1. The van der Waals surface area contributed by atoms with Gasteiger partial charge in [-0.2, -0.15) is 0 Å². The van der Waals surface area contributed by atoms with E-state index in [0.29, 0.717) is 28.6 Å². The summed E-state index contributed by atoms with van der Waals surface area (Å²) in [6, 6.07) is 19.8. The zero-order valence-corrected chi connectivity index (χ0v) is 20.4. The molecule has 0 heterocycles. The topological polar surface area (TPSA) is 75.7 Å². The van der Waals surface area contributed by atoms with Crippen LogP contribution >= 0.6 is 11.6 Å². The fraction of sp³-hybridized carbons (Fsp3) is 0.240. The van der Waals surface area contributed by atoms with Gasteiger partial charge in [-0.1, -0.05) is 48.0 Å². The van der Waals surface area contributed by atoms with Crippen LogP contribution < -0.4 is 14.4 Å². The van der Waals surface area contributed by atoms with Crippen molar-refractivity contribution in [3.8, 4) is 5.75 Å². The van der Waals surface area contributed by atoms with E-state index in [1.807, 2.05) is 44.2 Å². The molecule has 8 heteroatoms. The molecule has 6 nitrogen and oxygen atoms in total. The lowest BCUT2D eigenvalue weighted by Gasteiger charge is -2.25. The summed E-state index contributed by atoms with van der Waals surface area (Å²) < 4.78 is 31.9. The smallest absolute Gasteiger partial charge is 0.251 e. The van der Waals surface area contributed by atoms with Crippen LogP contribution in [0.2, 0.25) is 5.02 Å². The average Bonchev–Trinajstić information content (AvgIpc) is 2.77. The van der Waals surface area contributed by atoms with Crippen molar-refractivity contribution in [3.63, 3.8) is 0 Å². The van der Waals surface area contributed by atoms with Crippen molar-refractivity contribution in [2.75, 3.05) is 23.7 Å². The monoisotopic (exact) mass is 486 g/mol. The van der Waals surface area contributed by atoms with Gasteiger partial charge in [0.2, 0.25) is 10.0 Å². The predicted octanol–water partition coefficient (Wildman–Crippen LogP) is 4.73. The summed E-state index contributed by atoms with van der Waals surface area (Å²) in [6.07, 6.45) is 1.20. The Morgan fingerprint density at radius 1 is 1.03 bits per heavy atom. The van der Waals surface area contributed by atoms with Crippen LogP contribution in [0.15, 0.2) is 66.7 Å². The maximum absolute atomic E-state index is 12.5. The van der Waals surface area contributed by atoms with Gasteiger partial charge in [0.05, 0.1) is 30.1 Å². The molecule has 3 rings (SSSR count). The highest BCUT2D eigenvalue weighted by Gasteiger charge is 2.20. The molecule has 0 radical (unpaired) electrons. The normalized spacial score (nSPS) is 11.2. The number of carbonyl (C=O) groups excluding carboxylic acids is 1. The van der Waals surface area contributed by atoms with Crippen LogP contribution in [-0.2, 0) is 16.6 Å². The molecule has 0 saturated heterocycles. The van der Waals surface area contributed by atoms with E-state index < -0.39 is 10.0 Å². The minimum absolute atomic E-state index is 0.177. The van der Waals surface area contributed by atoms with Gasteiger partial charge >= 0.3 is 0 Å². The number of hydrogen-bond acceptors (Lipinski definition) is 4. The lowest BCUT2D eigenvalue weighted by molar-refractivity contribution is 0.0947. The first kappa shape index (κ1) is 24.6. The molecule has 0 atom stereocenters. The van der Waals surface area contributed by atoms with Crippen molar-refractivity contribution in [1.82, 2.24) is 5.32 Å². The third kappa shape index (κ3) is 6.73. The van der Waals surface area contributed by atoms with Crippen LogP contribution in [0.3, 0.4) is 0 Å². The first-order valence-electron chi connectivity index (χ1n) is 10.4. The van der Waals surface area contributed by atoms with Gasteiger partial charge < -0.3 is 10.1 Å². The van der Waals surface area contributed by atoms with Gasteiger partial charge in [-0.15, -0.1) is 0 Å². The highest BCUT2D eigenvalue weighted by atomic mass is 35.5. The molecule has 1 N–H and O–H groups in total. The van der Waals surface area contributed by atoms with Gasteiger partial charge in [-0.25, -0.2) is 8.42 Å². The number of benzene rings is 3. The Morgan fingerprint density at radius 2 is 1.73 bits per heavy atom. The summed E-state index contributed by atoms with van der Waals surface area (Å²) >= 11 is 6.04. The van der Waals surface area contributed by atoms with Crippen LogP contribution in [0.4, 0.5) is 5.69 Å². The molecule has 0 aromatic heterocycles. The highest BCUT2D eigenvalue weighted by molar-refractivity contribution is 7.92. The first-order valence-corrected chi connectivity index (χ1v) is 12.7. The van der Waals surface area contributed by atoms with Gasteiger partial charge in [0.25, 0.3) is 5.91 Å². The largest absolute Gasteiger partial charge is 0.490 e. The van der Waals surface area contributed by atoms with Crippen molar-refractivity contribution < 1.29 is 17.9 Å². The van der Waals surface area contributed by atoms with E-state index >= 15 is 0 Å². The summed E-state index contributed by atoms with van der Waals surface area (Å²) in [7, 11) is -3.49. The Balaban J connectivity index is 1.62. The molecule has 0 aliphatic rings. The zero-order chi connectivity index (χ0) is 24.0. The number of sulfonamides is 1. The summed E-state index contributed by atoms with van der Waals surface area (Å²) in [4.78, 5) is 12.4. The third-order valence-corrected chi connectivity index (χ3v) is 6.50. The number of para-hydroxylation sites is 1. The van der Waals surface area contributed by atoms with Crippen LogP contribution in [0.25, 0.3) is 0 Å². The second-order valence-corrected chi connectivity index (χ2v) is 10.1. The molecule has 33 heavy (non-hydrogen) atoms. The number of nitrogens with one attached hydrogen (secondary N) is 1. The molecular formula is C25H27ClN2O4S. The van der Waals surface area contributed by atoms with E-state index in [4.69, 9.17) is 16.3 Å². The molecule has 0 saturated carbocycles. The maximum atomic E-state index is 12.5. The number of anilines is 1. The van der Waals surface area contributed by atoms with E-state index in [9.17, 15) is 13.2 Å². The molecule has 0 aliphatic carbocycles. The Kier molecular flexibility index (Phi) is 8.00. The number of nitrogens with zero attached hydrogens (tertiary/aromatic N) is 1. The quantitative estimate of drug-likeness (QED) is 0.443. The van der Waals surface area contributed by atoms with Crippen LogP contribution in [0.1, 0.15) is 27.0 Å². The zero-order valence-electron chi connectivity index (χ0n) is 18.8. The molecule has 0 aliphatic heterocycles. The Morgan fingerprint density at radius 3 is 2.39 bits per heavy atom. The first-order chi connectivity index (χ1) is 15.6. The fourth-order valence-corrected chi connectivity index (χ4v) is 4.41. The predicted molar refractivity (Wildman–Crippen MR) is 133 cm³/mol. The molecule has 174 valence electrons. The van der Waals surface area contributed by atoms with Crippen molar-refractivity contribution in [1.29, 1.82) is 0 Å². The molecule has 0 spiro atoms. The van der Waals surface area contributed by atoms with E-state index in [1.165, 1.54) is 10.6 Å². The van der Waals surface area contributed by atoms with Gasteiger partial charge in [0, 0.05) is 5.56 Å². The van der Waals surface area contributed by atoms with Crippen LogP contribution in [-0.4, -0.2) is 33.7 Å². The van der Waals surface area contributed by atoms with Crippen LogP contribution in [0, 0.1) is 13.8 Å². The Bertz CT molecular complexity index is 1230. The molecule has 0 unspecified atom stereocenters. The summed E-state index contributed by atoms with van der Waals surface area (Å²) in [5.74, 6) is 0.329. The summed E-state index contributed by atoms with van der Waals surface area (Å²) in [5.41, 5.74) is 3.77. The standard InChI is InChI=1S/C25H27ClN2O4S/c1-18-8-9-19(2)23(16-18)28(33(3,30)31)17-20-10-12-21(13-11-20)25(29)27-14-15-32-24-7-5-4-6-22(24)26/h4-13,16H,14-15,17H2,1-3H3,(H,27,29). The fourth-order valence-electron chi connectivity index (χ4n) is 3.29. The molecule has 0 bridgehead atoms. The third-order valence-electron chi connectivity index (χ3n) is 5.06. The number of carbonyl (C=O) groups is 1. The second-order valence-electron chi connectivity index (χ2n) is 7.79. The molecule has 0 fully saturated rings. The maximum Gasteiger partial charge on any atom is 0.251 e. The van der Waals surface area contributed by atoms with E-state index in [2.05, 4.69) is 5.32 Å². The molecule has 1 amide bonds. The summed E-state index contributed by atoms with van der Waals surface area (Å²) in [6.45, 7) is 4.59. The average molecular weight is 487 g/mol. The minimum atomic E-state index is -3.49. The van der Waals surface area contributed by atoms with Gasteiger partial charge in [-0.3, -0.25) is 9.10 Å². The van der Waals surface area contributed by atoms with Crippen molar-refractivity contribution in [2.45, 2.75) is 20.4 Å². The van der Waals surface area contributed by atoms with E-state index in [1.54, 1.807) is 36.4 Å². The summed E-state index contributed by atoms with van der Waals surface area (Å²) in [5, 5.41) is 3.32. The Hall–Kier alpha value is -3.03. The molecule has 3 aromatic rings. The molecular weight excluding hydrogens is 460 g/mol. The van der Waals surface area contributed by atoms with Crippen molar-refractivity contribution in [3.05, 3.63) is 94.0 Å². The Labute approximate surface area is 200 Å². The van der Waals surface area contributed by atoms with Crippen LogP contribution in [0.5, 0.6) is 5.75 Å². The van der Waals surface area contributed by atoms with E-state index in [0.717, 1.165) is 16.7 Å². The minimum Gasteiger partial charge on any atom is -0.490 e. The van der Waals surface area contributed by atoms with Gasteiger partial charge in [-0.05, 0) is 60.9 Å². The number of amides is 1. The molecule has 3 aromatic carbocycles. The second kappa shape index (κ2) is 10.7. The highest BCUT2D eigenvalue weighted by Crippen LogP contribution is 2.26. The number of aryl methyl sites for hydroxylation is 2. The number of ether oxygens (including phenoxy) is 1.